The number of benzene rings is 4. The average molecular weight is 433 g/mol. The fraction of sp³-hybridized carbons (Fsp3) is 0.0667. The van der Waals surface area contributed by atoms with Crippen molar-refractivity contribution in [3.8, 4) is 16.9 Å². The normalized spacial score (nSPS) is 18.8. The summed E-state index contributed by atoms with van der Waals surface area (Å²) in [5, 5.41) is 0.701. The Morgan fingerprint density at radius 2 is 1.25 bits per heavy atom. The molecule has 0 saturated heterocycles. The molecule has 1 aliphatic carbocycles. The summed E-state index contributed by atoms with van der Waals surface area (Å²) >= 11 is 6.26. The molecule has 0 radical (unpaired) electrons. The van der Waals surface area contributed by atoms with Crippen LogP contribution in [0.2, 0.25) is 5.02 Å². The molecule has 1 aliphatic heterocycles. The summed E-state index contributed by atoms with van der Waals surface area (Å²) < 4.78 is 6.39. The van der Waals surface area contributed by atoms with Gasteiger partial charge in [-0.3, -0.25) is 0 Å². The Bertz CT molecular complexity index is 1330. The van der Waals surface area contributed by atoms with Gasteiger partial charge in [0, 0.05) is 10.6 Å². The second-order valence-corrected chi connectivity index (χ2v) is 8.71. The Balaban J connectivity index is 1.46. The van der Waals surface area contributed by atoms with E-state index in [1.54, 1.807) is 0 Å². The number of hydrogen-bond donors (Lipinski definition) is 0. The highest BCUT2D eigenvalue weighted by molar-refractivity contribution is 6.30. The summed E-state index contributed by atoms with van der Waals surface area (Å²) in [6.07, 6.45) is 4.52. The van der Waals surface area contributed by atoms with E-state index in [1.807, 2.05) is 24.3 Å². The maximum atomic E-state index is 6.39. The van der Waals surface area contributed by atoms with Crippen molar-refractivity contribution in [2.45, 2.75) is 12.0 Å². The Kier molecular flexibility index (Phi) is 4.70. The molecule has 1 nitrogen and oxygen atoms in total. The third-order valence-electron chi connectivity index (χ3n) is 6.32. The Morgan fingerprint density at radius 1 is 0.625 bits per heavy atom. The van der Waals surface area contributed by atoms with E-state index >= 15 is 0 Å². The van der Waals surface area contributed by atoms with Crippen LogP contribution in [-0.4, -0.2) is 6.10 Å². The van der Waals surface area contributed by atoms with Crippen LogP contribution in [0, 0.1) is 0 Å². The second kappa shape index (κ2) is 7.85. The van der Waals surface area contributed by atoms with E-state index in [1.165, 1.54) is 39.0 Å². The van der Waals surface area contributed by atoms with Gasteiger partial charge in [0.25, 0.3) is 0 Å². The molecule has 0 N–H and O–H groups in total. The molecule has 32 heavy (non-hydrogen) atoms. The van der Waals surface area contributed by atoms with Crippen LogP contribution in [0.3, 0.4) is 0 Å². The molecule has 0 fully saturated rings. The molecule has 6 rings (SSSR count). The minimum atomic E-state index is -0.0486. The first-order valence-electron chi connectivity index (χ1n) is 10.9. The first-order valence-corrected chi connectivity index (χ1v) is 11.2. The molecule has 0 amide bonds. The van der Waals surface area contributed by atoms with E-state index in [2.05, 4.69) is 91.0 Å². The number of halogens is 1. The molecule has 2 atom stereocenters. The SMILES string of the molecule is Clc1ccc2c(c1)OC1C=C(c3ccccc3)C=C(c3ccc(-c4ccccc4)cc3)C21. The molecule has 154 valence electrons. The van der Waals surface area contributed by atoms with Crippen LogP contribution >= 0.6 is 11.6 Å². The van der Waals surface area contributed by atoms with E-state index in [4.69, 9.17) is 16.3 Å². The molecule has 0 spiro atoms. The van der Waals surface area contributed by atoms with Gasteiger partial charge in [0.15, 0.2) is 0 Å². The fourth-order valence-electron chi connectivity index (χ4n) is 4.77. The maximum absolute atomic E-state index is 6.39. The number of ether oxygens (including phenoxy) is 1. The van der Waals surface area contributed by atoms with Gasteiger partial charge >= 0.3 is 0 Å². The van der Waals surface area contributed by atoms with Crippen molar-refractivity contribution in [1.29, 1.82) is 0 Å². The molecule has 0 saturated carbocycles. The molecular weight excluding hydrogens is 412 g/mol. The van der Waals surface area contributed by atoms with E-state index in [0.717, 1.165) is 5.75 Å². The Labute approximate surface area is 193 Å². The van der Waals surface area contributed by atoms with Crippen LogP contribution in [0.25, 0.3) is 22.3 Å². The van der Waals surface area contributed by atoms with Gasteiger partial charge in [-0.25, -0.2) is 0 Å². The van der Waals surface area contributed by atoms with Crippen LogP contribution in [0.4, 0.5) is 0 Å². The smallest absolute Gasteiger partial charge is 0.129 e. The molecule has 0 aromatic heterocycles. The van der Waals surface area contributed by atoms with Crippen molar-refractivity contribution < 1.29 is 4.74 Å². The van der Waals surface area contributed by atoms with Crippen molar-refractivity contribution >= 4 is 22.7 Å². The molecular formula is C30H21ClO. The summed E-state index contributed by atoms with van der Waals surface area (Å²) in [7, 11) is 0. The minimum absolute atomic E-state index is 0.0486. The lowest BCUT2D eigenvalue weighted by Gasteiger charge is -2.26. The largest absolute Gasteiger partial charge is 0.485 e. The lowest BCUT2D eigenvalue weighted by molar-refractivity contribution is 0.272. The van der Waals surface area contributed by atoms with E-state index in [0.29, 0.717) is 5.02 Å². The van der Waals surface area contributed by atoms with Crippen LogP contribution in [0.1, 0.15) is 22.6 Å². The van der Waals surface area contributed by atoms with Crippen molar-refractivity contribution in [3.63, 3.8) is 0 Å². The topological polar surface area (TPSA) is 9.23 Å². The second-order valence-electron chi connectivity index (χ2n) is 8.27. The molecule has 2 unspecified atom stereocenters. The number of hydrogen-bond acceptors (Lipinski definition) is 1. The molecule has 4 aromatic carbocycles. The van der Waals surface area contributed by atoms with Gasteiger partial charge in [-0.2, -0.15) is 0 Å². The van der Waals surface area contributed by atoms with Gasteiger partial charge in [-0.1, -0.05) is 103 Å². The van der Waals surface area contributed by atoms with E-state index < -0.39 is 0 Å². The Hall–Kier alpha value is -3.55. The predicted octanol–water partition coefficient (Wildman–Crippen LogP) is 8.03. The Morgan fingerprint density at radius 3 is 1.97 bits per heavy atom. The van der Waals surface area contributed by atoms with Crippen LogP contribution in [0.15, 0.2) is 115 Å². The molecule has 1 heterocycles. The van der Waals surface area contributed by atoms with Gasteiger partial charge in [0.2, 0.25) is 0 Å². The lowest BCUT2D eigenvalue weighted by atomic mass is 9.78. The first-order chi connectivity index (χ1) is 15.8. The average Bonchev–Trinajstić information content (AvgIpc) is 3.22. The maximum Gasteiger partial charge on any atom is 0.129 e. The number of rotatable bonds is 3. The minimum Gasteiger partial charge on any atom is -0.485 e. The standard InChI is InChI=1S/C30H21ClO/c31-25-15-16-26-28(19-25)32-29-18-24(21-9-5-2-6-10-21)17-27(30(26)29)23-13-11-22(12-14-23)20-7-3-1-4-8-20/h1-19,29-30H. The van der Waals surface area contributed by atoms with E-state index in [9.17, 15) is 0 Å². The number of allylic oxidation sites excluding steroid dienone is 2. The molecule has 0 bridgehead atoms. The van der Waals surface area contributed by atoms with Gasteiger partial charge in [-0.05, 0) is 57.7 Å². The highest BCUT2D eigenvalue weighted by atomic mass is 35.5. The third-order valence-corrected chi connectivity index (χ3v) is 6.56. The van der Waals surface area contributed by atoms with Gasteiger partial charge < -0.3 is 4.74 Å². The van der Waals surface area contributed by atoms with Crippen LogP contribution < -0.4 is 4.74 Å². The highest BCUT2D eigenvalue weighted by Crippen LogP contribution is 2.50. The zero-order chi connectivity index (χ0) is 21.5. The summed E-state index contributed by atoms with van der Waals surface area (Å²) in [6, 6.07) is 35.9. The van der Waals surface area contributed by atoms with Crippen molar-refractivity contribution in [1.82, 2.24) is 0 Å². The molecule has 2 heteroatoms. The van der Waals surface area contributed by atoms with Crippen molar-refractivity contribution in [3.05, 3.63) is 137 Å². The quantitative estimate of drug-likeness (QED) is 0.318. The lowest BCUT2D eigenvalue weighted by Crippen LogP contribution is -2.20. The third kappa shape index (κ3) is 3.36. The highest BCUT2D eigenvalue weighted by Gasteiger charge is 2.38. The fourth-order valence-corrected chi connectivity index (χ4v) is 4.94. The first kappa shape index (κ1) is 19.2. The summed E-state index contributed by atoms with van der Waals surface area (Å²) in [5.41, 5.74) is 8.51. The number of fused-ring (bicyclic) bond motifs is 3. The summed E-state index contributed by atoms with van der Waals surface area (Å²) in [6.45, 7) is 0. The van der Waals surface area contributed by atoms with E-state index in [-0.39, 0.29) is 12.0 Å². The monoisotopic (exact) mass is 432 g/mol. The zero-order valence-electron chi connectivity index (χ0n) is 17.4. The van der Waals surface area contributed by atoms with Crippen LogP contribution in [0.5, 0.6) is 5.75 Å². The van der Waals surface area contributed by atoms with Crippen molar-refractivity contribution in [2.24, 2.45) is 0 Å². The van der Waals surface area contributed by atoms with Crippen molar-refractivity contribution in [2.75, 3.05) is 0 Å². The molecule has 2 aliphatic rings. The van der Waals surface area contributed by atoms with Gasteiger partial charge in [0.05, 0.1) is 5.92 Å². The molecule has 4 aromatic rings. The zero-order valence-corrected chi connectivity index (χ0v) is 18.2. The van der Waals surface area contributed by atoms with Gasteiger partial charge in [-0.15, -0.1) is 0 Å². The summed E-state index contributed by atoms with van der Waals surface area (Å²) in [4.78, 5) is 0. The van der Waals surface area contributed by atoms with Gasteiger partial charge in [0.1, 0.15) is 11.9 Å². The summed E-state index contributed by atoms with van der Waals surface area (Å²) in [5.74, 6) is 1.03. The van der Waals surface area contributed by atoms with Crippen LogP contribution in [-0.2, 0) is 0 Å². The predicted molar refractivity (Wildman–Crippen MR) is 133 cm³/mol.